The van der Waals surface area contributed by atoms with Gasteiger partial charge in [-0.25, -0.2) is 4.98 Å². The molecule has 7 nitrogen and oxygen atoms in total. The molecular weight excluding hydrogens is 366 g/mol. The van der Waals surface area contributed by atoms with Crippen molar-refractivity contribution in [2.24, 2.45) is 0 Å². The molecule has 3 aromatic rings. The second kappa shape index (κ2) is 6.84. The summed E-state index contributed by atoms with van der Waals surface area (Å²) in [6, 6.07) is 9.77. The quantitative estimate of drug-likeness (QED) is 0.719. The molecule has 0 radical (unpaired) electrons. The smallest absolute Gasteiger partial charge is 0.256 e. The molecule has 0 spiro atoms. The molecule has 1 aliphatic carbocycles. The summed E-state index contributed by atoms with van der Waals surface area (Å²) < 4.78 is 0. The van der Waals surface area contributed by atoms with Gasteiger partial charge in [-0.2, -0.15) is 0 Å². The summed E-state index contributed by atoms with van der Waals surface area (Å²) in [5.74, 6) is 0.370. The molecule has 4 heterocycles. The molecule has 2 N–H and O–H groups in total. The Kier molecular flexibility index (Phi) is 4.16. The number of aromatic nitrogens is 3. The first-order valence-electron chi connectivity index (χ1n) is 9.83. The normalized spacial score (nSPS) is 15.9. The third kappa shape index (κ3) is 3.18. The van der Waals surface area contributed by atoms with Crippen molar-refractivity contribution in [3.05, 3.63) is 54.0 Å². The van der Waals surface area contributed by atoms with Gasteiger partial charge in [-0.1, -0.05) is 6.07 Å². The molecule has 146 valence electrons. The van der Waals surface area contributed by atoms with Gasteiger partial charge in [-0.05, 0) is 37.1 Å². The van der Waals surface area contributed by atoms with Gasteiger partial charge in [0.15, 0.2) is 0 Å². The van der Waals surface area contributed by atoms with Gasteiger partial charge in [-0.3, -0.25) is 14.6 Å². The van der Waals surface area contributed by atoms with Crippen molar-refractivity contribution in [2.75, 3.05) is 11.9 Å². The summed E-state index contributed by atoms with van der Waals surface area (Å²) in [6.07, 6.45) is 6.35. The van der Waals surface area contributed by atoms with Crippen molar-refractivity contribution >= 4 is 17.6 Å². The van der Waals surface area contributed by atoms with Crippen LogP contribution in [-0.4, -0.2) is 44.3 Å². The maximum Gasteiger partial charge on any atom is 0.256 e. The van der Waals surface area contributed by atoms with Crippen LogP contribution in [-0.2, 0) is 11.2 Å². The van der Waals surface area contributed by atoms with E-state index in [1.807, 2.05) is 35.2 Å². The predicted octanol–water partition coefficient (Wildman–Crippen LogP) is 3.26. The van der Waals surface area contributed by atoms with Crippen LogP contribution in [0.25, 0.3) is 22.5 Å². The van der Waals surface area contributed by atoms with Gasteiger partial charge in [0.25, 0.3) is 5.91 Å². The molecule has 1 saturated carbocycles. The Morgan fingerprint density at radius 1 is 1.17 bits per heavy atom. The number of carbonyl (C=O) groups is 2. The SMILES string of the molecule is CC(=O)Nc1cc(-c2[nH]c3c(c2-c2ccccn2)C(=O)N(C2CC2)CC3)ccn1. The van der Waals surface area contributed by atoms with Crippen LogP contribution in [0.5, 0.6) is 0 Å². The lowest BCUT2D eigenvalue weighted by Gasteiger charge is -2.27. The van der Waals surface area contributed by atoms with Gasteiger partial charge in [0.05, 0.1) is 17.0 Å². The monoisotopic (exact) mass is 387 g/mol. The van der Waals surface area contributed by atoms with Crippen LogP contribution in [0, 0.1) is 0 Å². The number of amides is 2. The maximum atomic E-state index is 13.4. The molecule has 1 aliphatic heterocycles. The molecule has 5 rings (SSSR count). The lowest BCUT2D eigenvalue weighted by Crippen LogP contribution is -2.39. The first-order valence-corrected chi connectivity index (χ1v) is 9.83. The van der Waals surface area contributed by atoms with Gasteiger partial charge in [0, 0.05) is 55.1 Å². The molecule has 2 amide bonds. The van der Waals surface area contributed by atoms with E-state index in [9.17, 15) is 9.59 Å². The van der Waals surface area contributed by atoms with Crippen LogP contribution in [0.2, 0.25) is 0 Å². The van der Waals surface area contributed by atoms with E-state index in [0.717, 1.165) is 59.6 Å². The average molecular weight is 387 g/mol. The lowest BCUT2D eigenvalue weighted by molar-refractivity contribution is -0.114. The molecule has 7 heteroatoms. The van der Waals surface area contributed by atoms with Crippen molar-refractivity contribution < 1.29 is 9.59 Å². The van der Waals surface area contributed by atoms with E-state index >= 15 is 0 Å². The van der Waals surface area contributed by atoms with Gasteiger partial charge in [0.1, 0.15) is 5.82 Å². The van der Waals surface area contributed by atoms with Gasteiger partial charge >= 0.3 is 0 Å². The largest absolute Gasteiger partial charge is 0.357 e. The number of fused-ring (bicyclic) bond motifs is 1. The Balaban J connectivity index is 1.68. The van der Waals surface area contributed by atoms with Crippen molar-refractivity contribution in [2.45, 2.75) is 32.2 Å². The van der Waals surface area contributed by atoms with Gasteiger partial charge < -0.3 is 15.2 Å². The minimum absolute atomic E-state index is 0.0769. The van der Waals surface area contributed by atoms with Gasteiger partial charge in [-0.15, -0.1) is 0 Å². The highest BCUT2D eigenvalue weighted by molar-refractivity contribution is 6.06. The number of carbonyl (C=O) groups excluding carboxylic acids is 2. The van der Waals surface area contributed by atoms with Crippen LogP contribution >= 0.6 is 0 Å². The number of nitrogens with zero attached hydrogens (tertiary/aromatic N) is 3. The zero-order valence-corrected chi connectivity index (χ0v) is 16.1. The highest BCUT2D eigenvalue weighted by Crippen LogP contribution is 2.40. The number of H-pyrrole nitrogens is 1. The molecule has 3 aromatic heterocycles. The molecule has 29 heavy (non-hydrogen) atoms. The first-order chi connectivity index (χ1) is 14.1. The molecule has 0 saturated heterocycles. The zero-order valence-electron chi connectivity index (χ0n) is 16.1. The minimum atomic E-state index is -0.180. The molecule has 0 bridgehead atoms. The van der Waals surface area contributed by atoms with E-state index in [0.29, 0.717) is 11.9 Å². The van der Waals surface area contributed by atoms with E-state index in [1.165, 1.54) is 6.92 Å². The second-order valence-corrected chi connectivity index (χ2v) is 7.53. The minimum Gasteiger partial charge on any atom is -0.357 e. The summed E-state index contributed by atoms with van der Waals surface area (Å²) in [7, 11) is 0. The molecule has 0 unspecified atom stereocenters. The third-order valence-corrected chi connectivity index (χ3v) is 5.42. The van der Waals surface area contributed by atoms with E-state index < -0.39 is 0 Å². The highest BCUT2D eigenvalue weighted by Gasteiger charge is 2.39. The van der Waals surface area contributed by atoms with Gasteiger partial charge in [0.2, 0.25) is 5.91 Å². The standard InChI is InChI=1S/C22H21N5O2/c1-13(28)25-18-12-14(7-10-24-18)21-19(16-4-2-3-9-23-16)20-17(26-21)8-11-27(22(20)29)15-5-6-15/h2-4,7,9-10,12,15,26H,5-6,8,11H2,1H3,(H,24,25,28). The number of nitrogens with one attached hydrogen (secondary N) is 2. The summed E-state index contributed by atoms with van der Waals surface area (Å²) >= 11 is 0. The molecular formula is C22H21N5O2. The Bertz CT molecular complexity index is 1100. The van der Waals surface area contributed by atoms with Crippen LogP contribution in [0.4, 0.5) is 5.82 Å². The van der Waals surface area contributed by atoms with Crippen LogP contribution < -0.4 is 5.32 Å². The number of aromatic amines is 1. The number of rotatable bonds is 4. The topological polar surface area (TPSA) is 91.0 Å². The van der Waals surface area contributed by atoms with E-state index in [-0.39, 0.29) is 11.8 Å². The van der Waals surface area contributed by atoms with Crippen LogP contribution in [0.15, 0.2) is 42.7 Å². The molecule has 2 aliphatic rings. The fourth-order valence-corrected chi connectivity index (χ4v) is 4.01. The van der Waals surface area contributed by atoms with Crippen LogP contribution in [0.3, 0.4) is 0 Å². The number of hydrogen-bond donors (Lipinski definition) is 2. The molecule has 1 fully saturated rings. The Morgan fingerprint density at radius 3 is 2.76 bits per heavy atom. The fraction of sp³-hybridized carbons (Fsp3) is 0.273. The first kappa shape index (κ1) is 17.6. The van der Waals surface area contributed by atoms with Crippen molar-refractivity contribution in [1.82, 2.24) is 19.9 Å². The summed E-state index contributed by atoms with van der Waals surface area (Å²) in [6.45, 7) is 2.19. The number of hydrogen-bond acceptors (Lipinski definition) is 4. The number of anilines is 1. The van der Waals surface area contributed by atoms with E-state index in [1.54, 1.807) is 12.4 Å². The third-order valence-electron chi connectivity index (χ3n) is 5.42. The Hall–Kier alpha value is -3.48. The summed E-state index contributed by atoms with van der Waals surface area (Å²) in [4.78, 5) is 39.0. The lowest BCUT2D eigenvalue weighted by atomic mass is 9.97. The predicted molar refractivity (Wildman–Crippen MR) is 109 cm³/mol. The fourth-order valence-electron chi connectivity index (χ4n) is 4.01. The van der Waals surface area contributed by atoms with Crippen molar-refractivity contribution in [3.8, 4) is 22.5 Å². The zero-order chi connectivity index (χ0) is 20.0. The summed E-state index contributed by atoms with van der Waals surface area (Å²) in [5, 5.41) is 2.72. The van der Waals surface area contributed by atoms with E-state index in [2.05, 4.69) is 20.3 Å². The van der Waals surface area contributed by atoms with Crippen molar-refractivity contribution in [3.63, 3.8) is 0 Å². The summed E-state index contributed by atoms with van der Waals surface area (Å²) in [5.41, 5.74) is 4.91. The molecule has 0 atom stereocenters. The van der Waals surface area contributed by atoms with Crippen LogP contribution in [0.1, 0.15) is 35.8 Å². The maximum absolute atomic E-state index is 13.4. The Labute approximate surface area is 168 Å². The highest BCUT2D eigenvalue weighted by atomic mass is 16.2. The average Bonchev–Trinajstić information content (AvgIpc) is 3.47. The second-order valence-electron chi connectivity index (χ2n) is 7.53. The van der Waals surface area contributed by atoms with E-state index in [4.69, 9.17) is 0 Å². The number of pyridine rings is 2. The van der Waals surface area contributed by atoms with Crippen molar-refractivity contribution in [1.29, 1.82) is 0 Å². The Morgan fingerprint density at radius 2 is 2.03 bits per heavy atom. The molecule has 0 aromatic carbocycles.